The third-order valence-corrected chi connectivity index (χ3v) is 1.84. The Morgan fingerprint density at radius 2 is 2.12 bits per heavy atom. The number of urea groups is 1. The summed E-state index contributed by atoms with van der Waals surface area (Å²) in [7, 11) is 1.50. The van der Waals surface area contributed by atoms with Crippen LogP contribution in [-0.2, 0) is 4.79 Å². The maximum atomic E-state index is 11.1. The number of rotatable bonds is 4. The summed E-state index contributed by atoms with van der Waals surface area (Å²) in [4.78, 5) is 21.5. The number of nitrogens with two attached hydrogens (primary N) is 2. The Labute approximate surface area is 97.7 Å². The summed E-state index contributed by atoms with van der Waals surface area (Å²) < 4.78 is 10.1. The largest absolute Gasteiger partial charge is 0.497 e. The van der Waals surface area contributed by atoms with Gasteiger partial charge in [0.15, 0.2) is 6.61 Å². The second-order valence-corrected chi connectivity index (χ2v) is 3.10. The van der Waals surface area contributed by atoms with Crippen molar-refractivity contribution in [2.75, 3.05) is 19.5 Å². The van der Waals surface area contributed by atoms with Crippen LogP contribution in [0.1, 0.15) is 0 Å². The Morgan fingerprint density at radius 3 is 2.71 bits per heavy atom. The fourth-order valence-electron chi connectivity index (χ4n) is 1.08. The number of primary amides is 1. The zero-order chi connectivity index (χ0) is 12.8. The minimum absolute atomic E-state index is 0.295. The Morgan fingerprint density at radius 1 is 1.41 bits per heavy atom. The van der Waals surface area contributed by atoms with Crippen molar-refractivity contribution >= 4 is 17.6 Å². The third-order valence-electron chi connectivity index (χ3n) is 1.84. The monoisotopic (exact) mass is 239 g/mol. The fraction of sp³-hybridized carbons (Fsp3) is 0.200. The molecule has 7 nitrogen and oxygen atoms in total. The molecule has 0 aliphatic carbocycles. The van der Waals surface area contributed by atoms with Gasteiger partial charge in [0.1, 0.15) is 11.5 Å². The maximum Gasteiger partial charge on any atom is 0.318 e. The van der Waals surface area contributed by atoms with Gasteiger partial charge >= 0.3 is 6.03 Å². The van der Waals surface area contributed by atoms with Crippen LogP contribution in [-0.4, -0.2) is 25.7 Å². The summed E-state index contributed by atoms with van der Waals surface area (Å²) in [6.45, 7) is -0.361. The molecule has 0 radical (unpaired) electrons. The summed E-state index contributed by atoms with van der Waals surface area (Å²) in [5.74, 6) is 0.188. The molecular weight excluding hydrogens is 226 g/mol. The van der Waals surface area contributed by atoms with Crippen molar-refractivity contribution in [1.82, 2.24) is 5.32 Å². The Hall–Kier alpha value is -2.44. The van der Waals surface area contributed by atoms with Crippen LogP contribution in [0, 0.1) is 0 Å². The van der Waals surface area contributed by atoms with Gasteiger partial charge in [0, 0.05) is 6.07 Å². The number of nitrogen functional groups attached to an aromatic ring is 1. The smallest absolute Gasteiger partial charge is 0.318 e. The van der Waals surface area contributed by atoms with Crippen LogP contribution >= 0.6 is 0 Å². The normalized spacial score (nSPS) is 9.47. The molecule has 0 unspecified atom stereocenters. The van der Waals surface area contributed by atoms with Gasteiger partial charge in [-0.25, -0.2) is 4.79 Å². The van der Waals surface area contributed by atoms with Crippen molar-refractivity contribution in [3.63, 3.8) is 0 Å². The van der Waals surface area contributed by atoms with E-state index in [4.69, 9.17) is 20.9 Å². The summed E-state index contributed by atoms with van der Waals surface area (Å²) in [5.41, 5.74) is 10.8. The van der Waals surface area contributed by atoms with Crippen LogP contribution < -0.4 is 26.3 Å². The van der Waals surface area contributed by atoms with Crippen molar-refractivity contribution < 1.29 is 19.1 Å². The van der Waals surface area contributed by atoms with Crippen molar-refractivity contribution in [2.24, 2.45) is 5.73 Å². The Bertz CT molecular complexity index is 434. The number of benzene rings is 1. The number of ether oxygens (including phenoxy) is 2. The highest BCUT2D eigenvalue weighted by molar-refractivity contribution is 5.94. The molecule has 17 heavy (non-hydrogen) atoms. The minimum atomic E-state index is -0.933. The SMILES string of the molecule is COc1ccc(N)c(OCC(=O)NC(N)=O)c1. The molecule has 0 aliphatic heterocycles. The third kappa shape index (κ3) is 3.90. The lowest BCUT2D eigenvalue weighted by Crippen LogP contribution is -2.38. The second kappa shape index (κ2) is 5.59. The van der Waals surface area contributed by atoms with Crippen LogP contribution in [0.5, 0.6) is 11.5 Å². The number of nitrogens with one attached hydrogen (secondary N) is 1. The molecule has 0 fully saturated rings. The summed E-state index contributed by atoms with van der Waals surface area (Å²) in [6.07, 6.45) is 0. The molecular formula is C10H13N3O4. The molecule has 5 N–H and O–H groups in total. The van der Waals surface area contributed by atoms with Gasteiger partial charge in [0.05, 0.1) is 12.8 Å². The molecule has 0 bridgehead atoms. The van der Waals surface area contributed by atoms with Gasteiger partial charge in [-0.1, -0.05) is 0 Å². The predicted molar refractivity (Wildman–Crippen MR) is 60.6 cm³/mol. The van der Waals surface area contributed by atoms with Gasteiger partial charge in [-0.05, 0) is 12.1 Å². The molecule has 1 aromatic carbocycles. The second-order valence-electron chi connectivity index (χ2n) is 3.10. The molecule has 0 heterocycles. The average molecular weight is 239 g/mol. The van der Waals surface area contributed by atoms with E-state index in [1.54, 1.807) is 12.1 Å². The highest BCUT2D eigenvalue weighted by Crippen LogP contribution is 2.26. The summed E-state index contributed by atoms with van der Waals surface area (Å²) in [6, 6.07) is 3.84. The highest BCUT2D eigenvalue weighted by atomic mass is 16.5. The number of anilines is 1. The number of imide groups is 1. The number of methoxy groups -OCH3 is 1. The number of carbonyl (C=O) groups excluding carboxylic acids is 2. The maximum absolute atomic E-state index is 11.1. The summed E-state index contributed by atoms with van der Waals surface area (Å²) in [5, 5.41) is 1.86. The highest BCUT2D eigenvalue weighted by Gasteiger charge is 2.08. The fourth-order valence-corrected chi connectivity index (χ4v) is 1.08. The van der Waals surface area contributed by atoms with Gasteiger partial charge in [-0.3, -0.25) is 10.1 Å². The van der Waals surface area contributed by atoms with Gasteiger partial charge < -0.3 is 20.9 Å². The van der Waals surface area contributed by atoms with E-state index in [9.17, 15) is 9.59 Å². The quantitative estimate of drug-likeness (QED) is 0.632. The molecule has 0 saturated heterocycles. The molecule has 0 atom stereocenters. The van der Waals surface area contributed by atoms with Gasteiger partial charge in [-0.15, -0.1) is 0 Å². The first kappa shape index (κ1) is 12.6. The number of hydrogen-bond donors (Lipinski definition) is 3. The number of amides is 3. The van der Waals surface area contributed by atoms with Crippen LogP contribution in [0.15, 0.2) is 18.2 Å². The standard InChI is InChI=1S/C10H13N3O4/c1-16-6-2-3-7(11)8(4-6)17-5-9(14)13-10(12)15/h2-4H,5,11H2,1H3,(H3,12,13,14,15). The van der Waals surface area contributed by atoms with Crippen LogP contribution in [0.4, 0.5) is 10.5 Å². The Balaban J connectivity index is 2.62. The first-order valence-corrected chi connectivity index (χ1v) is 4.68. The zero-order valence-electron chi connectivity index (χ0n) is 9.23. The first-order chi connectivity index (χ1) is 8.02. The molecule has 0 aromatic heterocycles. The Kier molecular flexibility index (Phi) is 4.15. The van der Waals surface area contributed by atoms with Crippen LogP contribution in [0.25, 0.3) is 0 Å². The van der Waals surface area contributed by atoms with Crippen molar-refractivity contribution in [2.45, 2.75) is 0 Å². The lowest BCUT2D eigenvalue weighted by Gasteiger charge is -2.09. The van der Waals surface area contributed by atoms with Crippen molar-refractivity contribution in [3.8, 4) is 11.5 Å². The molecule has 92 valence electrons. The topological polar surface area (TPSA) is 117 Å². The minimum Gasteiger partial charge on any atom is -0.497 e. The van der Waals surface area contributed by atoms with Gasteiger partial charge in [0.2, 0.25) is 0 Å². The number of carbonyl (C=O) groups is 2. The van der Waals surface area contributed by atoms with Crippen LogP contribution in [0.3, 0.4) is 0 Å². The predicted octanol–water partition coefficient (Wildman–Crippen LogP) is -0.149. The van der Waals surface area contributed by atoms with E-state index in [2.05, 4.69) is 0 Å². The van der Waals surface area contributed by atoms with E-state index < -0.39 is 11.9 Å². The lowest BCUT2D eigenvalue weighted by atomic mass is 10.3. The molecule has 1 rings (SSSR count). The molecule has 0 aliphatic rings. The molecule has 1 aromatic rings. The van der Waals surface area contributed by atoms with Gasteiger partial charge in [0.25, 0.3) is 5.91 Å². The van der Waals surface area contributed by atoms with E-state index >= 15 is 0 Å². The summed E-state index contributed by atoms with van der Waals surface area (Å²) >= 11 is 0. The lowest BCUT2D eigenvalue weighted by molar-refractivity contribution is -0.121. The zero-order valence-corrected chi connectivity index (χ0v) is 9.23. The van der Waals surface area contributed by atoms with E-state index in [-0.39, 0.29) is 6.61 Å². The van der Waals surface area contributed by atoms with Crippen molar-refractivity contribution in [1.29, 1.82) is 0 Å². The number of hydrogen-bond acceptors (Lipinski definition) is 5. The van der Waals surface area contributed by atoms with Gasteiger partial charge in [-0.2, -0.15) is 0 Å². The molecule has 3 amide bonds. The molecule has 0 spiro atoms. The van der Waals surface area contributed by atoms with Crippen molar-refractivity contribution in [3.05, 3.63) is 18.2 Å². The van der Waals surface area contributed by atoms with Crippen LogP contribution in [0.2, 0.25) is 0 Å². The van der Waals surface area contributed by atoms with E-state index in [1.807, 2.05) is 5.32 Å². The average Bonchev–Trinajstić information content (AvgIpc) is 2.27. The molecule has 7 heteroatoms. The van der Waals surface area contributed by atoms with E-state index in [0.29, 0.717) is 17.2 Å². The first-order valence-electron chi connectivity index (χ1n) is 4.68. The van der Waals surface area contributed by atoms with E-state index in [1.165, 1.54) is 13.2 Å². The van der Waals surface area contributed by atoms with E-state index in [0.717, 1.165) is 0 Å². The molecule has 0 saturated carbocycles.